The van der Waals surface area contributed by atoms with Gasteiger partial charge in [0.05, 0.1) is 6.04 Å². The summed E-state index contributed by atoms with van der Waals surface area (Å²) in [6, 6.07) is 15.6. The van der Waals surface area contributed by atoms with E-state index in [4.69, 9.17) is 11.6 Å². The van der Waals surface area contributed by atoms with Gasteiger partial charge in [0.15, 0.2) is 0 Å². The van der Waals surface area contributed by atoms with Gasteiger partial charge in [0.25, 0.3) is 0 Å². The monoisotopic (exact) mass is 357 g/mol. The molecule has 0 bridgehead atoms. The van der Waals surface area contributed by atoms with E-state index < -0.39 is 0 Å². The molecule has 0 aromatic heterocycles. The minimum absolute atomic E-state index is 0.0594. The van der Waals surface area contributed by atoms with E-state index in [1.807, 2.05) is 41.3 Å². The number of urea groups is 1. The Morgan fingerprint density at radius 2 is 1.84 bits per heavy atom. The van der Waals surface area contributed by atoms with E-state index in [-0.39, 0.29) is 12.1 Å². The van der Waals surface area contributed by atoms with Crippen LogP contribution in [-0.2, 0) is 0 Å². The molecule has 2 aromatic rings. The van der Waals surface area contributed by atoms with Crippen molar-refractivity contribution < 1.29 is 4.79 Å². The zero-order valence-electron chi connectivity index (χ0n) is 14.7. The first-order valence-corrected chi connectivity index (χ1v) is 9.16. The molecule has 0 aliphatic carbocycles. The first kappa shape index (κ1) is 17.8. The van der Waals surface area contributed by atoms with Crippen molar-refractivity contribution >= 4 is 23.3 Å². The quantitative estimate of drug-likeness (QED) is 0.818. The lowest BCUT2D eigenvalue weighted by Gasteiger charge is -2.38. The fourth-order valence-electron chi connectivity index (χ4n) is 3.36. The fraction of sp³-hybridized carbons (Fsp3) is 0.350. The predicted octanol–water partition coefficient (Wildman–Crippen LogP) is 4.62. The number of likely N-dealkylation sites (N-methyl/N-ethyl adjacent to an activating group) is 1. The Kier molecular flexibility index (Phi) is 5.61. The summed E-state index contributed by atoms with van der Waals surface area (Å²) in [6.45, 7) is 7.75. The van der Waals surface area contributed by atoms with Crippen molar-refractivity contribution in [3.05, 3.63) is 64.7 Å². The number of fused-ring (bicyclic) bond motifs is 1. The highest BCUT2D eigenvalue weighted by Gasteiger charge is 2.33. The Labute approximate surface area is 154 Å². The van der Waals surface area contributed by atoms with Gasteiger partial charge in [-0.05, 0) is 36.9 Å². The number of hydrogen-bond donors (Lipinski definition) is 1. The second-order valence-corrected chi connectivity index (χ2v) is 6.63. The standard InChI is InChI=1S/C20H24ClN3O/c1-3-23(4-2)12-13-24-19(15-8-6-5-7-9-15)17-14-16(21)10-11-18(17)22-20(24)25/h5-11,14,19H,3-4,12-13H2,1-2H3,(H,22,25). The highest BCUT2D eigenvalue weighted by Crippen LogP contribution is 2.38. The molecule has 0 fully saturated rings. The number of amides is 2. The summed E-state index contributed by atoms with van der Waals surface area (Å²) >= 11 is 6.25. The third-order valence-corrected chi connectivity index (χ3v) is 5.02. The van der Waals surface area contributed by atoms with Crippen LogP contribution in [0.2, 0.25) is 5.02 Å². The van der Waals surface area contributed by atoms with Crippen LogP contribution in [0.1, 0.15) is 31.0 Å². The lowest BCUT2D eigenvalue weighted by Crippen LogP contribution is -2.46. The van der Waals surface area contributed by atoms with Gasteiger partial charge in [0, 0.05) is 29.4 Å². The van der Waals surface area contributed by atoms with Crippen LogP contribution in [0.25, 0.3) is 0 Å². The highest BCUT2D eigenvalue weighted by atomic mass is 35.5. The second kappa shape index (κ2) is 7.89. The summed E-state index contributed by atoms with van der Waals surface area (Å²) in [5.41, 5.74) is 2.97. The third kappa shape index (κ3) is 3.80. The van der Waals surface area contributed by atoms with Crippen LogP contribution in [0.15, 0.2) is 48.5 Å². The van der Waals surface area contributed by atoms with Crippen LogP contribution in [0.4, 0.5) is 10.5 Å². The van der Waals surface area contributed by atoms with Crippen molar-refractivity contribution in [2.75, 3.05) is 31.5 Å². The summed E-state index contributed by atoms with van der Waals surface area (Å²) in [5, 5.41) is 3.69. The van der Waals surface area contributed by atoms with Crippen LogP contribution in [0, 0.1) is 0 Å². The average molecular weight is 358 g/mol. The maximum atomic E-state index is 12.8. The zero-order valence-corrected chi connectivity index (χ0v) is 15.5. The van der Waals surface area contributed by atoms with E-state index in [2.05, 4.69) is 36.2 Å². The molecule has 1 unspecified atom stereocenters. The lowest BCUT2D eigenvalue weighted by molar-refractivity contribution is 0.179. The Morgan fingerprint density at radius 3 is 2.52 bits per heavy atom. The minimum atomic E-state index is -0.126. The summed E-state index contributed by atoms with van der Waals surface area (Å²) in [7, 11) is 0. The molecule has 0 radical (unpaired) electrons. The van der Waals surface area contributed by atoms with Gasteiger partial charge in [0.2, 0.25) is 0 Å². The van der Waals surface area contributed by atoms with Crippen molar-refractivity contribution in [3.63, 3.8) is 0 Å². The average Bonchev–Trinajstić information content (AvgIpc) is 2.63. The minimum Gasteiger partial charge on any atom is -0.312 e. The second-order valence-electron chi connectivity index (χ2n) is 6.20. The molecule has 1 aliphatic heterocycles. The van der Waals surface area contributed by atoms with Crippen molar-refractivity contribution in [2.24, 2.45) is 0 Å². The largest absolute Gasteiger partial charge is 0.322 e. The topological polar surface area (TPSA) is 35.6 Å². The smallest absolute Gasteiger partial charge is 0.312 e. The fourth-order valence-corrected chi connectivity index (χ4v) is 3.54. The maximum Gasteiger partial charge on any atom is 0.322 e. The van der Waals surface area contributed by atoms with Gasteiger partial charge in [-0.2, -0.15) is 0 Å². The Morgan fingerprint density at radius 1 is 1.12 bits per heavy atom. The van der Waals surface area contributed by atoms with Crippen LogP contribution in [0.5, 0.6) is 0 Å². The van der Waals surface area contributed by atoms with E-state index in [0.717, 1.165) is 36.4 Å². The molecule has 1 N–H and O–H groups in total. The SMILES string of the molecule is CCN(CC)CCN1C(=O)Nc2ccc(Cl)cc2C1c1ccccc1. The number of nitrogens with zero attached hydrogens (tertiary/aromatic N) is 2. The molecule has 1 aliphatic rings. The number of hydrogen-bond acceptors (Lipinski definition) is 2. The van der Waals surface area contributed by atoms with Crippen LogP contribution >= 0.6 is 11.6 Å². The number of benzene rings is 2. The molecule has 4 nitrogen and oxygen atoms in total. The molecule has 1 heterocycles. The molecule has 5 heteroatoms. The number of carbonyl (C=O) groups is 1. The van der Waals surface area contributed by atoms with E-state index in [9.17, 15) is 4.79 Å². The summed E-state index contributed by atoms with van der Waals surface area (Å²) in [5.74, 6) is 0. The van der Waals surface area contributed by atoms with Crippen LogP contribution in [-0.4, -0.2) is 42.0 Å². The van der Waals surface area contributed by atoms with Crippen molar-refractivity contribution in [1.29, 1.82) is 0 Å². The molecular weight excluding hydrogens is 334 g/mol. The van der Waals surface area contributed by atoms with Crippen molar-refractivity contribution in [3.8, 4) is 0 Å². The van der Waals surface area contributed by atoms with Crippen LogP contribution in [0.3, 0.4) is 0 Å². The Bertz CT molecular complexity index is 731. The molecule has 25 heavy (non-hydrogen) atoms. The number of halogens is 1. The normalized spacial score (nSPS) is 16.7. The van der Waals surface area contributed by atoms with Gasteiger partial charge >= 0.3 is 6.03 Å². The molecule has 132 valence electrons. The summed E-state index contributed by atoms with van der Waals surface area (Å²) in [6.07, 6.45) is 0. The number of carbonyl (C=O) groups excluding carboxylic acids is 1. The van der Waals surface area contributed by atoms with E-state index in [1.54, 1.807) is 0 Å². The lowest BCUT2D eigenvalue weighted by atomic mass is 9.94. The van der Waals surface area contributed by atoms with E-state index in [1.165, 1.54) is 0 Å². The first-order valence-electron chi connectivity index (χ1n) is 8.78. The summed E-state index contributed by atoms with van der Waals surface area (Å²) in [4.78, 5) is 17.0. The Balaban J connectivity index is 1.99. The molecule has 1 atom stereocenters. The van der Waals surface area contributed by atoms with Crippen molar-refractivity contribution in [1.82, 2.24) is 9.80 Å². The number of nitrogens with one attached hydrogen (secondary N) is 1. The number of rotatable bonds is 6. The van der Waals surface area contributed by atoms with E-state index >= 15 is 0 Å². The molecular formula is C20H24ClN3O. The zero-order chi connectivity index (χ0) is 17.8. The molecule has 2 amide bonds. The molecule has 0 saturated carbocycles. The van der Waals surface area contributed by atoms with Crippen molar-refractivity contribution in [2.45, 2.75) is 19.9 Å². The van der Waals surface area contributed by atoms with Gasteiger partial charge in [-0.1, -0.05) is 55.8 Å². The van der Waals surface area contributed by atoms with Gasteiger partial charge in [-0.25, -0.2) is 4.79 Å². The third-order valence-electron chi connectivity index (χ3n) is 4.79. The Hall–Kier alpha value is -2.04. The highest BCUT2D eigenvalue weighted by molar-refractivity contribution is 6.30. The van der Waals surface area contributed by atoms with Gasteiger partial charge in [-0.15, -0.1) is 0 Å². The van der Waals surface area contributed by atoms with Gasteiger partial charge in [0.1, 0.15) is 0 Å². The molecule has 0 spiro atoms. The molecule has 2 aromatic carbocycles. The molecule has 0 saturated heterocycles. The summed E-state index contributed by atoms with van der Waals surface area (Å²) < 4.78 is 0. The first-order chi connectivity index (χ1) is 12.1. The predicted molar refractivity (Wildman–Crippen MR) is 103 cm³/mol. The van der Waals surface area contributed by atoms with Gasteiger partial charge in [-0.3, -0.25) is 0 Å². The number of anilines is 1. The van der Waals surface area contributed by atoms with Crippen LogP contribution < -0.4 is 5.32 Å². The van der Waals surface area contributed by atoms with Gasteiger partial charge < -0.3 is 15.1 Å². The maximum absolute atomic E-state index is 12.8. The van der Waals surface area contributed by atoms with E-state index in [0.29, 0.717) is 11.6 Å². The molecule has 3 rings (SSSR count).